The van der Waals surface area contributed by atoms with Gasteiger partial charge in [-0.2, -0.15) is 4.31 Å². The van der Waals surface area contributed by atoms with Crippen LogP contribution in [0.3, 0.4) is 0 Å². The van der Waals surface area contributed by atoms with Gasteiger partial charge in [0.25, 0.3) is 0 Å². The lowest BCUT2D eigenvalue weighted by Gasteiger charge is -2.31. The smallest absolute Gasteiger partial charge is 0.248 e. The number of rotatable bonds is 6. The van der Waals surface area contributed by atoms with Crippen LogP contribution in [0.4, 0.5) is 5.69 Å². The number of sulfonamides is 1. The maximum atomic E-state index is 13.4. The third-order valence-corrected chi connectivity index (χ3v) is 7.19. The van der Waals surface area contributed by atoms with E-state index in [0.29, 0.717) is 30.8 Å². The molecule has 9 heteroatoms. The molecule has 31 heavy (non-hydrogen) atoms. The van der Waals surface area contributed by atoms with Crippen molar-refractivity contribution in [2.24, 2.45) is 5.92 Å². The molecule has 0 spiro atoms. The molecule has 2 aromatic heterocycles. The highest BCUT2D eigenvalue weighted by molar-refractivity contribution is 7.89. The molecular weight excluding hydrogens is 418 g/mol. The molecule has 0 radical (unpaired) electrons. The quantitative estimate of drug-likeness (QED) is 0.624. The maximum absolute atomic E-state index is 13.4. The summed E-state index contributed by atoms with van der Waals surface area (Å²) in [5, 5.41) is 6.71. The Morgan fingerprint density at radius 3 is 2.74 bits per heavy atom. The predicted molar refractivity (Wildman–Crippen MR) is 115 cm³/mol. The fourth-order valence-electron chi connectivity index (χ4n) is 3.61. The first-order chi connectivity index (χ1) is 14.9. The minimum atomic E-state index is -3.90. The van der Waals surface area contributed by atoms with Gasteiger partial charge >= 0.3 is 0 Å². The average molecular weight is 442 g/mol. The fraction of sp³-hybridized carbons (Fsp3) is 0.273. The molecule has 1 aliphatic rings. The van der Waals surface area contributed by atoms with E-state index in [9.17, 15) is 13.2 Å². The van der Waals surface area contributed by atoms with E-state index in [2.05, 4.69) is 10.5 Å². The van der Waals surface area contributed by atoms with Gasteiger partial charge in [-0.3, -0.25) is 4.79 Å². The van der Waals surface area contributed by atoms with Gasteiger partial charge in [-0.25, -0.2) is 8.42 Å². The first-order valence-electron chi connectivity index (χ1n) is 9.99. The summed E-state index contributed by atoms with van der Waals surface area (Å²) in [4.78, 5) is 12.7. The van der Waals surface area contributed by atoms with E-state index in [1.807, 2.05) is 18.2 Å². The van der Waals surface area contributed by atoms with Crippen molar-refractivity contribution in [3.63, 3.8) is 0 Å². The minimum Gasteiger partial charge on any atom is -0.465 e. The highest BCUT2D eigenvalue weighted by Crippen LogP contribution is 2.29. The van der Waals surface area contributed by atoms with Gasteiger partial charge in [-0.05, 0) is 56.2 Å². The molecule has 0 bridgehead atoms. The van der Waals surface area contributed by atoms with Gasteiger partial charge in [0.1, 0.15) is 11.5 Å². The molecule has 0 saturated carbocycles. The SMILES string of the molecule is Cc1noc(/C=C/c2ccco2)c1S(=O)(=O)N1CCC[C@@H](C(=O)Nc2ccccc2)C1. The van der Waals surface area contributed by atoms with Crippen LogP contribution < -0.4 is 5.32 Å². The van der Waals surface area contributed by atoms with Crippen LogP contribution in [0.15, 0.2) is 62.6 Å². The second-order valence-corrected chi connectivity index (χ2v) is 9.24. The molecular formula is C22H23N3O5S. The molecule has 3 aromatic rings. The van der Waals surface area contributed by atoms with Gasteiger partial charge in [0.15, 0.2) is 10.7 Å². The lowest BCUT2D eigenvalue weighted by molar-refractivity contribution is -0.120. The van der Waals surface area contributed by atoms with Crippen molar-refractivity contribution >= 4 is 33.8 Å². The molecule has 3 heterocycles. The van der Waals surface area contributed by atoms with Crippen molar-refractivity contribution in [3.05, 3.63) is 65.9 Å². The Morgan fingerprint density at radius 2 is 2.00 bits per heavy atom. The van der Waals surface area contributed by atoms with Gasteiger partial charge in [-0.1, -0.05) is 23.4 Å². The Hall–Kier alpha value is -3.17. The van der Waals surface area contributed by atoms with E-state index in [-0.39, 0.29) is 28.8 Å². The lowest BCUT2D eigenvalue weighted by Crippen LogP contribution is -2.43. The summed E-state index contributed by atoms with van der Waals surface area (Å²) in [7, 11) is -3.90. The summed E-state index contributed by atoms with van der Waals surface area (Å²) in [5.74, 6) is 0.0647. The summed E-state index contributed by atoms with van der Waals surface area (Å²) >= 11 is 0. The van der Waals surface area contributed by atoms with Crippen LogP contribution >= 0.6 is 0 Å². The number of aromatic nitrogens is 1. The van der Waals surface area contributed by atoms with Crippen molar-refractivity contribution in [1.29, 1.82) is 0 Å². The first kappa shape index (κ1) is 21.1. The van der Waals surface area contributed by atoms with E-state index >= 15 is 0 Å². The number of para-hydroxylation sites is 1. The van der Waals surface area contributed by atoms with Crippen molar-refractivity contribution in [1.82, 2.24) is 9.46 Å². The van der Waals surface area contributed by atoms with Gasteiger partial charge in [0.05, 0.1) is 12.2 Å². The van der Waals surface area contributed by atoms with Crippen LogP contribution in [-0.2, 0) is 14.8 Å². The molecule has 1 aliphatic heterocycles. The van der Waals surface area contributed by atoms with Crippen molar-refractivity contribution < 1.29 is 22.2 Å². The van der Waals surface area contributed by atoms with Crippen LogP contribution in [0.2, 0.25) is 0 Å². The molecule has 0 unspecified atom stereocenters. The number of furan rings is 1. The van der Waals surface area contributed by atoms with Crippen LogP contribution in [0.5, 0.6) is 0 Å². The zero-order valence-electron chi connectivity index (χ0n) is 17.0. The molecule has 1 aromatic carbocycles. The molecule has 1 saturated heterocycles. The van der Waals surface area contributed by atoms with E-state index in [1.165, 1.54) is 16.6 Å². The van der Waals surface area contributed by atoms with E-state index < -0.39 is 15.9 Å². The largest absolute Gasteiger partial charge is 0.465 e. The normalized spacial score (nSPS) is 17.8. The van der Waals surface area contributed by atoms with Gasteiger partial charge in [0, 0.05) is 18.8 Å². The number of amides is 1. The number of aryl methyl sites for hydroxylation is 1. The van der Waals surface area contributed by atoms with Crippen LogP contribution in [0, 0.1) is 12.8 Å². The molecule has 8 nitrogen and oxygen atoms in total. The molecule has 1 N–H and O–H groups in total. The van der Waals surface area contributed by atoms with Crippen molar-refractivity contribution in [2.45, 2.75) is 24.7 Å². The van der Waals surface area contributed by atoms with Crippen LogP contribution in [0.1, 0.15) is 30.1 Å². The average Bonchev–Trinajstić information content (AvgIpc) is 3.42. The molecule has 1 amide bonds. The standard InChI is InChI=1S/C22H23N3O5S/c1-16-21(20(30-24-16)12-11-19-10-6-14-29-19)31(27,28)25-13-5-7-17(15-25)22(26)23-18-8-3-2-4-9-18/h2-4,6,8-12,14,17H,5,7,13,15H2,1H3,(H,23,26)/b12-11+/t17-/m1/s1. The van der Waals surface area contributed by atoms with E-state index in [1.54, 1.807) is 37.3 Å². The third-order valence-electron chi connectivity index (χ3n) is 5.17. The van der Waals surface area contributed by atoms with Gasteiger partial charge in [-0.15, -0.1) is 0 Å². The van der Waals surface area contributed by atoms with E-state index in [0.717, 1.165) is 0 Å². The number of piperidine rings is 1. The lowest BCUT2D eigenvalue weighted by atomic mass is 9.99. The second-order valence-electron chi connectivity index (χ2n) is 7.37. The topological polar surface area (TPSA) is 106 Å². The zero-order valence-corrected chi connectivity index (χ0v) is 17.8. The van der Waals surface area contributed by atoms with Crippen LogP contribution in [0.25, 0.3) is 12.2 Å². The number of nitrogens with one attached hydrogen (secondary N) is 1. The summed E-state index contributed by atoms with van der Waals surface area (Å²) in [6.45, 7) is 2.03. The van der Waals surface area contributed by atoms with Gasteiger partial charge in [0.2, 0.25) is 15.9 Å². The van der Waals surface area contributed by atoms with Gasteiger partial charge < -0.3 is 14.3 Å². The summed E-state index contributed by atoms with van der Waals surface area (Å²) in [6.07, 6.45) is 5.88. The summed E-state index contributed by atoms with van der Waals surface area (Å²) < 4.78 is 38.7. The van der Waals surface area contributed by atoms with Crippen LogP contribution in [-0.4, -0.2) is 36.9 Å². The van der Waals surface area contributed by atoms with Crippen molar-refractivity contribution in [2.75, 3.05) is 18.4 Å². The Morgan fingerprint density at radius 1 is 1.19 bits per heavy atom. The first-order valence-corrected chi connectivity index (χ1v) is 11.4. The number of hydrogen-bond donors (Lipinski definition) is 1. The molecule has 4 rings (SSSR count). The highest BCUT2D eigenvalue weighted by atomic mass is 32.2. The second kappa shape index (κ2) is 8.91. The number of carbonyl (C=O) groups excluding carboxylic acids is 1. The number of hydrogen-bond acceptors (Lipinski definition) is 6. The fourth-order valence-corrected chi connectivity index (χ4v) is 5.39. The molecule has 1 fully saturated rings. The Bertz CT molecular complexity index is 1170. The number of benzene rings is 1. The van der Waals surface area contributed by atoms with E-state index in [4.69, 9.17) is 8.94 Å². The predicted octanol–water partition coefficient (Wildman–Crippen LogP) is 3.79. The summed E-state index contributed by atoms with van der Waals surface area (Å²) in [5.41, 5.74) is 0.961. The number of anilines is 1. The monoisotopic (exact) mass is 441 g/mol. The molecule has 162 valence electrons. The number of carbonyl (C=O) groups is 1. The molecule has 0 aliphatic carbocycles. The number of nitrogens with zero attached hydrogens (tertiary/aromatic N) is 2. The Balaban J connectivity index is 1.53. The highest BCUT2D eigenvalue weighted by Gasteiger charge is 2.36. The molecule has 1 atom stereocenters. The summed E-state index contributed by atoms with van der Waals surface area (Å²) in [6, 6.07) is 12.6. The maximum Gasteiger partial charge on any atom is 0.248 e. The minimum absolute atomic E-state index is 0.0134. The third kappa shape index (κ3) is 4.62. The zero-order chi connectivity index (χ0) is 21.8. The Labute approximate surface area is 180 Å². The van der Waals surface area contributed by atoms with Crippen molar-refractivity contribution in [3.8, 4) is 0 Å². The Kier molecular flexibility index (Phi) is 6.06.